The Morgan fingerprint density at radius 1 is 1.00 bits per heavy atom. The van der Waals surface area contributed by atoms with E-state index in [1.165, 1.54) is 7.11 Å². The van der Waals surface area contributed by atoms with E-state index < -0.39 is 18.5 Å². The lowest BCUT2D eigenvalue weighted by molar-refractivity contribution is -0.144. The molecule has 24 heavy (non-hydrogen) atoms. The molecule has 5 heteroatoms. The number of para-hydroxylation sites is 1. The van der Waals surface area contributed by atoms with Crippen LogP contribution in [0.1, 0.15) is 10.4 Å². The van der Waals surface area contributed by atoms with E-state index >= 15 is 0 Å². The Bertz CT molecular complexity index is 890. The van der Waals surface area contributed by atoms with Crippen LogP contribution in [0.3, 0.4) is 0 Å². The fourth-order valence-corrected chi connectivity index (χ4v) is 2.36. The molecule has 0 unspecified atom stereocenters. The van der Waals surface area contributed by atoms with Gasteiger partial charge < -0.3 is 9.47 Å². The van der Waals surface area contributed by atoms with Crippen LogP contribution in [0.5, 0.6) is 0 Å². The van der Waals surface area contributed by atoms with E-state index in [4.69, 9.17) is 4.74 Å². The number of pyridine rings is 1. The first kappa shape index (κ1) is 15.7. The number of aromatic nitrogens is 1. The Morgan fingerprint density at radius 3 is 2.46 bits per heavy atom. The largest absolute Gasteiger partial charge is 0.466 e. The first-order valence-corrected chi connectivity index (χ1v) is 7.38. The van der Waals surface area contributed by atoms with E-state index in [-0.39, 0.29) is 0 Å². The summed E-state index contributed by atoms with van der Waals surface area (Å²) in [5.74, 6) is -1.19. The third kappa shape index (κ3) is 3.25. The summed E-state index contributed by atoms with van der Waals surface area (Å²) in [6.45, 7) is -0.424. The normalized spacial score (nSPS) is 10.4. The van der Waals surface area contributed by atoms with Gasteiger partial charge in [0.1, 0.15) is 0 Å². The zero-order valence-electron chi connectivity index (χ0n) is 13.1. The zero-order valence-corrected chi connectivity index (χ0v) is 13.1. The molecular formula is C19H15NO4. The number of fused-ring (bicyclic) bond motifs is 1. The second-order valence-corrected chi connectivity index (χ2v) is 5.09. The quantitative estimate of drug-likeness (QED) is 0.690. The SMILES string of the molecule is COC(=O)COC(=O)c1cc(-c2ccccc2)nc2ccccc12. The molecule has 0 amide bonds. The number of nitrogens with zero attached hydrogens (tertiary/aromatic N) is 1. The molecule has 0 aliphatic heterocycles. The fraction of sp³-hybridized carbons (Fsp3) is 0.105. The summed E-state index contributed by atoms with van der Waals surface area (Å²) >= 11 is 0. The lowest BCUT2D eigenvalue weighted by Crippen LogP contribution is -2.15. The molecule has 3 aromatic rings. The summed E-state index contributed by atoms with van der Waals surface area (Å²) < 4.78 is 9.53. The molecule has 0 saturated carbocycles. The Labute approximate surface area is 138 Å². The van der Waals surface area contributed by atoms with Gasteiger partial charge in [0.25, 0.3) is 0 Å². The van der Waals surface area contributed by atoms with Gasteiger partial charge >= 0.3 is 11.9 Å². The lowest BCUT2D eigenvalue weighted by Gasteiger charge is -2.09. The predicted molar refractivity (Wildman–Crippen MR) is 89.5 cm³/mol. The number of ether oxygens (including phenoxy) is 2. The molecule has 1 aromatic heterocycles. The molecule has 2 aromatic carbocycles. The van der Waals surface area contributed by atoms with Crippen molar-refractivity contribution >= 4 is 22.8 Å². The summed E-state index contributed by atoms with van der Waals surface area (Å²) in [5, 5.41) is 0.673. The molecule has 0 bridgehead atoms. The Balaban J connectivity index is 2.05. The maximum absolute atomic E-state index is 12.4. The van der Waals surface area contributed by atoms with Crippen LogP contribution in [0.2, 0.25) is 0 Å². The summed E-state index contributed by atoms with van der Waals surface area (Å²) in [7, 11) is 1.24. The summed E-state index contributed by atoms with van der Waals surface area (Å²) in [4.78, 5) is 28.2. The predicted octanol–water partition coefficient (Wildman–Crippen LogP) is 3.23. The van der Waals surface area contributed by atoms with Gasteiger partial charge in [-0.15, -0.1) is 0 Å². The minimum absolute atomic E-state index is 0.364. The van der Waals surface area contributed by atoms with Crippen molar-refractivity contribution in [3.8, 4) is 11.3 Å². The maximum atomic E-state index is 12.4. The number of methoxy groups -OCH3 is 1. The second kappa shape index (κ2) is 6.91. The summed E-state index contributed by atoms with van der Waals surface area (Å²) in [6, 6.07) is 18.5. The molecule has 0 aliphatic carbocycles. The molecule has 0 N–H and O–H groups in total. The van der Waals surface area contributed by atoms with Gasteiger partial charge in [-0.25, -0.2) is 14.6 Å². The first-order valence-electron chi connectivity index (χ1n) is 7.38. The number of esters is 2. The van der Waals surface area contributed by atoms with Crippen LogP contribution in [-0.4, -0.2) is 30.6 Å². The molecule has 0 aliphatic rings. The summed E-state index contributed by atoms with van der Waals surface area (Å²) in [5.41, 5.74) is 2.61. The third-order valence-corrected chi connectivity index (χ3v) is 3.55. The number of carbonyl (C=O) groups excluding carboxylic acids is 2. The van der Waals surface area contributed by atoms with E-state index in [9.17, 15) is 9.59 Å². The van der Waals surface area contributed by atoms with Gasteiger partial charge in [0.05, 0.1) is 23.9 Å². The average molecular weight is 321 g/mol. The van der Waals surface area contributed by atoms with E-state index in [2.05, 4.69) is 9.72 Å². The molecule has 0 atom stereocenters. The van der Waals surface area contributed by atoms with Crippen molar-refractivity contribution in [2.24, 2.45) is 0 Å². The molecule has 120 valence electrons. The highest BCUT2D eigenvalue weighted by molar-refractivity contribution is 6.05. The van der Waals surface area contributed by atoms with E-state index in [0.717, 1.165) is 5.56 Å². The number of hydrogen-bond acceptors (Lipinski definition) is 5. The van der Waals surface area contributed by atoms with Crippen molar-refractivity contribution in [1.29, 1.82) is 0 Å². The van der Waals surface area contributed by atoms with Gasteiger partial charge in [0.2, 0.25) is 0 Å². The fourth-order valence-electron chi connectivity index (χ4n) is 2.36. The van der Waals surface area contributed by atoms with E-state index in [1.54, 1.807) is 12.1 Å². The molecule has 0 radical (unpaired) electrons. The van der Waals surface area contributed by atoms with Gasteiger partial charge in [0.15, 0.2) is 6.61 Å². The van der Waals surface area contributed by atoms with Crippen LogP contribution in [0.25, 0.3) is 22.2 Å². The van der Waals surface area contributed by atoms with Gasteiger partial charge in [-0.05, 0) is 12.1 Å². The number of carbonyl (C=O) groups is 2. The molecule has 0 spiro atoms. The Hall–Kier alpha value is -3.21. The standard InChI is InChI=1S/C19H15NO4/c1-23-18(21)12-24-19(22)15-11-17(13-7-3-2-4-8-13)20-16-10-6-5-9-14(15)16/h2-11H,12H2,1H3. The summed E-state index contributed by atoms with van der Waals surface area (Å²) in [6.07, 6.45) is 0. The smallest absolute Gasteiger partial charge is 0.344 e. The van der Waals surface area contributed by atoms with Crippen LogP contribution < -0.4 is 0 Å². The highest BCUT2D eigenvalue weighted by Crippen LogP contribution is 2.25. The van der Waals surface area contributed by atoms with Crippen molar-refractivity contribution < 1.29 is 19.1 Å². The highest BCUT2D eigenvalue weighted by atomic mass is 16.6. The minimum atomic E-state index is -0.606. The van der Waals surface area contributed by atoms with Crippen LogP contribution >= 0.6 is 0 Å². The van der Waals surface area contributed by atoms with Crippen molar-refractivity contribution in [1.82, 2.24) is 4.98 Å². The van der Waals surface area contributed by atoms with E-state index in [0.29, 0.717) is 22.2 Å². The Kier molecular flexibility index (Phi) is 4.52. The molecule has 1 heterocycles. The molecule has 0 saturated heterocycles. The lowest BCUT2D eigenvalue weighted by atomic mass is 10.0. The molecule has 3 rings (SSSR count). The number of rotatable bonds is 4. The van der Waals surface area contributed by atoms with Crippen molar-refractivity contribution in [2.75, 3.05) is 13.7 Å². The van der Waals surface area contributed by atoms with Crippen molar-refractivity contribution in [2.45, 2.75) is 0 Å². The zero-order chi connectivity index (χ0) is 16.9. The van der Waals surface area contributed by atoms with Crippen molar-refractivity contribution in [3.05, 3.63) is 66.2 Å². The van der Waals surface area contributed by atoms with Gasteiger partial charge in [-0.3, -0.25) is 0 Å². The topological polar surface area (TPSA) is 65.5 Å². The monoisotopic (exact) mass is 321 g/mol. The Morgan fingerprint density at radius 2 is 1.71 bits per heavy atom. The van der Waals surface area contributed by atoms with E-state index in [1.807, 2.05) is 48.5 Å². The van der Waals surface area contributed by atoms with Crippen LogP contribution in [0, 0.1) is 0 Å². The molecule has 5 nitrogen and oxygen atoms in total. The van der Waals surface area contributed by atoms with Gasteiger partial charge in [-0.1, -0.05) is 48.5 Å². The third-order valence-electron chi connectivity index (χ3n) is 3.55. The van der Waals surface area contributed by atoms with Crippen LogP contribution in [-0.2, 0) is 14.3 Å². The van der Waals surface area contributed by atoms with Crippen LogP contribution in [0.15, 0.2) is 60.7 Å². The highest BCUT2D eigenvalue weighted by Gasteiger charge is 2.16. The molecule has 0 fully saturated rings. The first-order chi connectivity index (χ1) is 11.7. The number of benzene rings is 2. The van der Waals surface area contributed by atoms with Crippen LogP contribution in [0.4, 0.5) is 0 Å². The van der Waals surface area contributed by atoms with Gasteiger partial charge in [-0.2, -0.15) is 0 Å². The number of hydrogen-bond donors (Lipinski definition) is 0. The molecular weight excluding hydrogens is 306 g/mol. The minimum Gasteiger partial charge on any atom is -0.466 e. The second-order valence-electron chi connectivity index (χ2n) is 5.09. The average Bonchev–Trinajstić information content (AvgIpc) is 2.65. The van der Waals surface area contributed by atoms with Gasteiger partial charge in [0, 0.05) is 10.9 Å². The maximum Gasteiger partial charge on any atom is 0.344 e. The van der Waals surface area contributed by atoms with Crippen molar-refractivity contribution in [3.63, 3.8) is 0 Å².